The highest BCUT2D eigenvalue weighted by Crippen LogP contribution is 2.23. The molecular formula is C29H45N6O5+. The number of anilines is 2. The van der Waals surface area contributed by atoms with Crippen molar-refractivity contribution in [1.82, 2.24) is 20.1 Å². The summed E-state index contributed by atoms with van der Waals surface area (Å²) in [4.78, 5) is 33.9. The third-order valence-corrected chi connectivity index (χ3v) is 6.15. The minimum Gasteiger partial charge on any atom is -0.444 e. The van der Waals surface area contributed by atoms with Gasteiger partial charge in [0.1, 0.15) is 11.3 Å². The predicted octanol–water partition coefficient (Wildman–Crippen LogP) is 2.99. The molecule has 220 valence electrons. The van der Waals surface area contributed by atoms with Crippen molar-refractivity contribution in [2.24, 2.45) is 0 Å². The quantitative estimate of drug-likeness (QED) is 0.231. The average molecular weight is 558 g/mol. The number of hydrogen-bond acceptors (Lipinski definition) is 8. The van der Waals surface area contributed by atoms with Crippen LogP contribution in [0.25, 0.3) is 0 Å². The van der Waals surface area contributed by atoms with Crippen molar-refractivity contribution in [3.05, 3.63) is 53.9 Å². The van der Waals surface area contributed by atoms with Gasteiger partial charge in [-0.25, -0.2) is 4.79 Å². The average Bonchev–Trinajstić information content (AvgIpc) is 2.88. The number of nitrogens with one attached hydrogen (secondary N) is 3. The summed E-state index contributed by atoms with van der Waals surface area (Å²) >= 11 is 0. The molecule has 40 heavy (non-hydrogen) atoms. The second kappa shape index (κ2) is 15.1. The van der Waals surface area contributed by atoms with Crippen LogP contribution in [0.5, 0.6) is 0 Å². The molecule has 1 aliphatic rings. The van der Waals surface area contributed by atoms with Gasteiger partial charge in [0, 0.05) is 25.3 Å². The van der Waals surface area contributed by atoms with E-state index in [1.807, 2.05) is 24.8 Å². The molecule has 0 bridgehead atoms. The Hall–Kier alpha value is -3.09. The molecule has 11 heteroatoms. The molecule has 1 aromatic carbocycles. The number of aliphatic hydroxyl groups excluding tert-OH is 1. The van der Waals surface area contributed by atoms with Crippen LogP contribution in [-0.4, -0.2) is 94.0 Å². The lowest BCUT2D eigenvalue weighted by molar-refractivity contribution is -0.0918. The van der Waals surface area contributed by atoms with E-state index in [0.717, 1.165) is 44.8 Å². The number of aliphatic hydroxyl groups is 3. The van der Waals surface area contributed by atoms with Crippen LogP contribution in [0.2, 0.25) is 0 Å². The fourth-order valence-electron chi connectivity index (χ4n) is 4.25. The predicted molar refractivity (Wildman–Crippen MR) is 156 cm³/mol. The summed E-state index contributed by atoms with van der Waals surface area (Å²) < 4.78 is 9.71. The number of amides is 2. The second-order valence-corrected chi connectivity index (χ2v) is 11.2. The maximum Gasteiger partial charge on any atom is 0.412 e. The van der Waals surface area contributed by atoms with E-state index < -0.39 is 24.0 Å². The number of ether oxygens (including phenoxy) is 2. The van der Waals surface area contributed by atoms with E-state index in [9.17, 15) is 14.7 Å². The first-order chi connectivity index (χ1) is 19.0. The molecule has 11 nitrogen and oxygen atoms in total. The number of hydrogen-bond donors (Lipinski definition) is 4. The van der Waals surface area contributed by atoms with E-state index in [4.69, 9.17) is 4.74 Å². The fraction of sp³-hybridized carbons (Fsp3) is 0.552. The van der Waals surface area contributed by atoms with Gasteiger partial charge in [0.05, 0.1) is 24.5 Å². The molecule has 1 unspecified atom stereocenters. The Morgan fingerprint density at radius 3 is 2.38 bits per heavy atom. The Bertz CT molecular complexity index is 1080. The molecule has 0 radical (unpaired) electrons. The summed E-state index contributed by atoms with van der Waals surface area (Å²) in [5, 5.41) is 19.5. The van der Waals surface area contributed by atoms with Gasteiger partial charge in [0.2, 0.25) is 0 Å². The van der Waals surface area contributed by atoms with Crippen LogP contribution in [0.1, 0.15) is 57.1 Å². The SMILES string of the molecule is CC(C)NC(O)N(CCCN1CC[OH+]CC1)Cc1ccc(C(=O)Nc2ccccc2NC(=O)OC(C)(C)C)nc1. The smallest absolute Gasteiger partial charge is 0.412 e. The van der Waals surface area contributed by atoms with Crippen LogP contribution < -0.4 is 16.0 Å². The first-order valence-corrected chi connectivity index (χ1v) is 13.9. The zero-order chi connectivity index (χ0) is 29.1. The van der Waals surface area contributed by atoms with E-state index in [2.05, 4.69) is 30.6 Å². The van der Waals surface area contributed by atoms with Gasteiger partial charge in [-0.2, -0.15) is 0 Å². The van der Waals surface area contributed by atoms with E-state index >= 15 is 0 Å². The zero-order valence-electron chi connectivity index (χ0n) is 24.3. The highest BCUT2D eigenvalue weighted by molar-refractivity contribution is 6.05. The Morgan fingerprint density at radius 2 is 1.77 bits per heavy atom. The molecule has 2 aromatic rings. The topological polar surface area (TPSA) is 132 Å². The summed E-state index contributed by atoms with van der Waals surface area (Å²) in [6.45, 7) is 15.2. The van der Waals surface area contributed by atoms with Crippen molar-refractivity contribution in [2.45, 2.75) is 65.6 Å². The van der Waals surface area contributed by atoms with Crippen molar-refractivity contribution in [2.75, 3.05) is 50.0 Å². The fourth-order valence-corrected chi connectivity index (χ4v) is 4.25. The van der Waals surface area contributed by atoms with E-state index in [0.29, 0.717) is 24.5 Å². The third kappa shape index (κ3) is 10.8. The second-order valence-electron chi connectivity index (χ2n) is 11.2. The highest BCUT2D eigenvalue weighted by atomic mass is 16.6. The van der Waals surface area contributed by atoms with Gasteiger partial charge in [0.25, 0.3) is 5.91 Å². The summed E-state index contributed by atoms with van der Waals surface area (Å²) in [7, 11) is 0. The maximum atomic E-state index is 12.9. The molecule has 0 saturated carbocycles. The standard InChI is InChI=1S/C29H44N6O5/c1-21(2)31-27(37)35(14-8-13-34-15-17-39-18-16-34)20-22-11-12-25(30-19-22)26(36)32-23-9-6-7-10-24(23)33-28(38)40-29(3,4)5/h6-7,9-12,19,21,27,31,37H,8,13-18,20H2,1-5H3,(H,32,36)(H,33,38)/p+1. The molecule has 1 aliphatic heterocycles. The lowest BCUT2D eigenvalue weighted by Crippen LogP contribution is -2.49. The van der Waals surface area contributed by atoms with Crippen molar-refractivity contribution in [3.8, 4) is 0 Å². The van der Waals surface area contributed by atoms with Crippen LogP contribution in [0.15, 0.2) is 42.6 Å². The number of benzene rings is 1. The van der Waals surface area contributed by atoms with Crippen molar-refractivity contribution in [1.29, 1.82) is 0 Å². The number of rotatable bonds is 12. The van der Waals surface area contributed by atoms with E-state index in [1.165, 1.54) is 0 Å². The normalized spacial score (nSPS) is 15.2. The van der Waals surface area contributed by atoms with Gasteiger partial charge in [-0.05, 0) is 71.3 Å². The van der Waals surface area contributed by atoms with Crippen LogP contribution >= 0.6 is 0 Å². The number of carbonyl (C=O) groups is 2. The molecule has 5 N–H and O–H groups in total. The lowest BCUT2D eigenvalue weighted by atomic mass is 10.2. The van der Waals surface area contributed by atoms with Gasteiger partial charge in [-0.15, -0.1) is 0 Å². The minimum atomic E-state index is -0.798. The minimum absolute atomic E-state index is 0.123. The van der Waals surface area contributed by atoms with E-state index in [1.54, 1.807) is 57.3 Å². The van der Waals surface area contributed by atoms with Gasteiger partial charge in [0.15, 0.2) is 19.6 Å². The monoisotopic (exact) mass is 557 g/mol. The first-order valence-electron chi connectivity index (χ1n) is 13.9. The molecule has 0 aliphatic carbocycles. The van der Waals surface area contributed by atoms with Gasteiger partial charge in [-0.1, -0.05) is 18.2 Å². The van der Waals surface area contributed by atoms with Crippen molar-refractivity contribution >= 4 is 23.4 Å². The van der Waals surface area contributed by atoms with Gasteiger partial charge in [-0.3, -0.25) is 30.2 Å². The number of carbonyl (C=O) groups excluding carboxylic acids is 2. The number of para-hydroxylation sites is 2. The Balaban J connectivity index is 1.60. The lowest BCUT2D eigenvalue weighted by Gasteiger charge is -2.31. The molecule has 1 aromatic heterocycles. The third-order valence-electron chi connectivity index (χ3n) is 6.15. The molecular weight excluding hydrogens is 512 g/mol. The molecule has 3 rings (SSSR count). The molecule has 2 heterocycles. The van der Waals surface area contributed by atoms with Crippen LogP contribution in [-0.2, 0) is 11.3 Å². The number of morpholine rings is 1. The van der Waals surface area contributed by atoms with Crippen LogP contribution in [0.3, 0.4) is 0 Å². The maximum absolute atomic E-state index is 12.9. The summed E-state index contributed by atoms with van der Waals surface area (Å²) in [5.74, 6) is -0.406. The Kier molecular flexibility index (Phi) is 11.8. The molecule has 1 fully saturated rings. The zero-order valence-corrected chi connectivity index (χ0v) is 24.3. The number of aromatic nitrogens is 1. The van der Waals surface area contributed by atoms with Crippen molar-refractivity contribution in [3.63, 3.8) is 0 Å². The molecule has 0 spiro atoms. The van der Waals surface area contributed by atoms with Crippen molar-refractivity contribution < 1.29 is 24.2 Å². The number of nitrogens with zero attached hydrogens (tertiary/aromatic N) is 3. The Morgan fingerprint density at radius 1 is 1.10 bits per heavy atom. The van der Waals surface area contributed by atoms with Gasteiger partial charge >= 0.3 is 6.09 Å². The van der Waals surface area contributed by atoms with Gasteiger partial charge < -0.3 is 19.9 Å². The van der Waals surface area contributed by atoms with Crippen LogP contribution in [0.4, 0.5) is 16.2 Å². The number of pyridine rings is 1. The van der Waals surface area contributed by atoms with E-state index in [-0.39, 0.29) is 11.7 Å². The summed E-state index contributed by atoms with van der Waals surface area (Å²) in [6, 6.07) is 10.5. The molecule has 2 amide bonds. The Labute approximate surface area is 237 Å². The summed E-state index contributed by atoms with van der Waals surface area (Å²) in [6.07, 6.45) is 1.16. The van der Waals surface area contributed by atoms with Crippen LogP contribution in [0, 0.1) is 0 Å². The highest BCUT2D eigenvalue weighted by Gasteiger charge is 2.20. The largest absolute Gasteiger partial charge is 0.444 e. The summed E-state index contributed by atoms with van der Waals surface area (Å²) in [5.41, 5.74) is 1.32. The molecule has 1 atom stereocenters. The molecule has 1 saturated heterocycles. The first kappa shape index (κ1) is 31.4.